The minimum atomic E-state index is 0.117. The zero-order valence-corrected chi connectivity index (χ0v) is 11.4. The molecule has 0 spiro atoms. The van der Waals surface area contributed by atoms with Crippen LogP contribution in [0.15, 0.2) is 24.5 Å². The number of imidazole rings is 1. The van der Waals surface area contributed by atoms with Crippen molar-refractivity contribution in [3.63, 3.8) is 0 Å². The van der Waals surface area contributed by atoms with Crippen LogP contribution < -0.4 is 0 Å². The Morgan fingerprint density at radius 2 is 2.05 bits per heavy atom. The van der Waals surface area contributed by atoms with Gasteiger partial charge in [-0.25, -0.2) is 4.98 Å². The van der Waals surface area contributed by atoms with Gasteiger partial charge in [0, 0.05) is 7.05 Å². The van der Waals surface area contributed by atoms with Gasteiger partial charge in [0.25, 0.3) is 0 Å². The second-order valence-corrected chi connectivity index (χ2v) is 5.40. The average molecular weight is 259 g/mol. The SMILES string of the molecule is Cn1cnc2cc(C(CO)N3CCCCC3)ccc21. The third-order valence-corrected chi connectivity index (χ3v) is 4.14. The molecule has 4 nitrogen and oxygen atoms in total. The fourth-order valence-corrected chi connectivity index (χ4v) is 3.02. The van der Waals surface area contributed by atoms with Crippen molar-refractivity contribution < 1.29 is 5.11 Å². The lowest BCUT2D eigenvalue weighted by Gasteiger charge is -2.33. The summed E-state index contributed by atoms with van der Waals surface area (Å²) in [7, 11) is 2.00. The van der Waals surface area contributed by atoms with E-state index in [4.69, 9.17) is 0 Å². The Hall–Kier alpha value is -1.39. The zero-order valence-electron chi connectivity index (χ0n) is 11.4. The van der Waals surface area contributed by atoms with Gasteiger partial charge in [0.05, 0.1) is 30.0 Å². The number of nitrogens with zero attached hydrogens (tertiary/aromatic N) is 3. The van der Waals surface area contributed by atoms with Crippen LogP contribution in [0.25, 0.3) is 11.0 Å². The first kappa shape index (κ1) is 12.6. The van der Waals surface area contributed by atoms with E-state index >= 15 is 0 Å². The fourth-order valence-electron chi connectivity index (χ4n) is 3.02. The summed E-state index contributed by atoms with van der Waals surface area (Å²) < 4.78 is 2.02. The summed E-state index contributed by atoms with van der Waals surface area (Å²) in [5, 5.41) is 9.74. The number of likely N-dealkylation sites (tertiary alicyclic amines) is 1. The third kappa shape index (κ3) is 2.38. The molecule has 3 rings (SSSR count). The highest BCUT2D eigenvalue weighted by Crippen LogP contribution is 2.26. The van der Waals surface area contributed by atoms with E-state index in [9.17, 15) is 5.11 Å². The molecule has 0 saturated carbocycles. The standard InChI is InChI=1S/C15H21N3O/c1-17-11-16-13-9-12(5-6-14(13)17)15(10-19)18-7-3-2-4-8-18/h5-6,9,11,15,19H,2-4,7-8,10H2,1H3. The van der Waals surface area contributed by atoms with Crippen LogP contribution in [0.3, 0.4) is 0 Å². The normalized spacial score (nSPS) is 18.8. The van der Waals surface area contributed by atoms with Gasteiger partial charge < -0.3 is 9.67 Å². The summed E-state index contributed by atoms with van der Waals surface area (Å²) in [6.07, 6.45) is 5.63. The number of benzene rings is 1. The number of piperidine rings is 1. The molecule has 1 aliphatic rings. The van der Waals surface area contributed by atoms with E-state index in [1.807, 2.05) is 17.9 Å². The van der Waals surface area contributed by atoms with Crippen LogP contribution in [0.4, 0.5) is 0 Å². The lowest BCUT2D eigenvalue weighted by Crippen LogP contribution is -2.35. The average Bonchev–Trinajstić information content (AvgIpc) is 2.82. The fraction of sp³-hybridized carbons (Fsp3) is 0.533. The van der Waals surface area contributed by atoms with Crippen LogP contribution in [0.5, 0.6) is 0 Å². The Kier molecular flexibility index (Phi) is 3.53. The van der Waals surface area contributed by atoms with Gasteiger partial charge in [0.1, 0.15) is 0 Å². The number of aliphatic hydroxyl groups is 1. The monoisotopic (exact) mass is 259 g/mol. The maximum atomic E-state index is 9.74. The van der Waals surface area contributed by atoms with Crippen molar-refractivity contribution in [3.8, 4) is 0 Å². The van der Waals surface area contributed by atoms with E-state index in [2.05, 4.69) is 28.1 Å². The number of hydrogen-bond acceptors (Lipinski definition) is 3. The van der Waals surface area contributed by atoms with Gasteiger partial charge >= 0.3 is 0 Å². The van der Waals surface area contributed by atoms with E-state index in [1.165, 1.54) is 24.8 Å². The van der Waals surface area contributed by atoms with E-state index in [-0.39, 0.29) is 12.6 Å². The minimum absolute atomic E-state index is 0.117. The predicted octanol–water partition coefficient (Wildman–Crippen LogP) is 2.09. The molecule has 1 aromatic carbocycles. The predicted molar refractivity (Wildman–Crippen MR) is 76.0 cm³/mol. The quantitative estimate of drug-likeness (QED) is 0.917. The molecule has 1 N–H and O–H groups in total. The van der Waals surface area contributed by atoms with E-state index in [0.717, 1.165) is 24.1 Å². The van der Waals surface area contributed by atoms with Crippen LogP contribution >= 0.6 is 0 Å². The lowest BCUT2D eigenvalue weighted by molar-refractivity contribution is 0.104. The smallest absolute Gasteiger partial charge is 0.0955 e. The molecular weight excluding hydrogens is 238 g/mol. The molecule has 0 radical (unpaired) electrons. The highest BCUT2D eigenvalue weighted by molar-refractivity contribution is 5.76. The molecule has 0 bridgehead atoms. The molecule has 4 heteroatoms. The molecule has 1 unspecified atom stereocenters. The van der Waals surface area contributed by atoms with Gasteiger partial charge in [0.15, 0.2) is 0 Å². The number of rotatable bonds is 3. The molecule has 2 aromatic rings. The molecule has 1 atom stereocenters. The first-order valence-electron chi connectivity index (χ1n) is 7.05. The Balaban J connectivity index is 1.91. The molecule has 1 fully saturated rings. The third-order valence-electron chi connectivity index (χ3n) is 4.14. The topological polar surface area (TPSA) is 41.3 Å². The summed E-state index contributed by atoms with van der Waals surface area (Å²) >= 11 is 0. The number of fused-ring (bicyclic) bond motifs is 1. The van der Waals surface area contributed by atoms with Crippen molar-refractivity contribution in [1.29, 1.82) is 0 Å². The molecule has 1 aliphatic heterocycles. The van der Waals surface area contributed by atoms with Crippen molar-refractivity contribution in [2.45, 2.75) is 25.3 Å². The van der Waals surface area contributed by atoms with Gasteiger partial charge in [0.2, 0.25) is 0 Å². The minimum Gasteiger partial charge on any atom is -0.394 e. The van der Waals surface area contributed by atoms with Gasteiger partial charge in [-0.3, -0.25) is 4.90 Å². The first-order valence-corrected chi connectivity index (χ1v) is 7.05. The second-order valence-electron chi connectivity index (χ2n) is 5.40. The van der Waals surface area contributed by atoms with Gasteiger partial charge in [-0.05, 0) is 43.6 Å². The van der Waals surface area contributed by atoms with Crippen molar-refractivity contribution in [3.05, 3.63) is 30.1 Å². The maximum Gasteiger partial charge on any atom is 0.0955 e. The molecular formula is C15H21N3O. The molecule has 1 saturated heterocycles. The van der Waals surface area contributed by atoms with Gasteiger partial charge in [-0.2, -0.15) is 0 Å². The van der Waals surface area contributed by atoms with Crippen LogP contribution in [-0.4, -0.2) is 39.3 Å². The molecule has 102 valence electrons. The van der Waals surface area contributed by atoms with Crippen LogP contribution in [-0.2, 0) is 7.05 Å². The second kappa shape index (κ2) is 5.31. The Labute approximate surface area is 113 Å². The van der Waals surface area contributed by atoms with Gasteiger partial charge in [-0.1, -0.05) is 12.5 Å². The number of aliphatic hydroxyl groups excluding tert-OH is 1. The molecule has 19 heavy (non-hydrogen) atoms. The van der Waals surface area contributed by atoms with Crippen molar-refractivity contribution in [1.82, 2.24) is 14.5 Å². The highest BCUT2D eigenvalue weighted by Gasteiger charge is 2.21. The summed E-state index contributed by atoms with van der Waals surface area (Å²) in [5.74, 6) is 0. The van der Waals surface area contributed by atoms with Crippen molar-refractivity contribution in [2.75, 3.05) is 19.7 Å². The highest BCUT2D eigenvalue weighted by atomic mass is 16.3. The molecule has 2 heterocycles. The maximum absolute atomic E-state index is 9.74. The van der Waals surface area contributed by atoms with Crippen LogP contribution in [0.2, 0.25) is 0 Å². The van der Waals surface area contributed by atoms with E-state index in [1.54, 1.807) is 0 Å². The molecule has 1 aromatic heterocycles. The summed E-state index contributed by atoms with van der Waals surface area (Å²) in [6.45, 7) is 2.36. The van der Waals surface area contributed by atoms with Crippen molar-refractivity contribution >= 4 is 11.0 Å². The number of hydrogen-bond donors (Lipinski definition) is 1. The van der Waals surface area contributed by atoms with Gasteiger partial charge in [-0.15, -0.1) is 0 Å². The van der Waals surface area contributed by atoms with E-state index in [0.29, 0.717) is 0 Å². The Morgan fingerprint density at radius 3 is 2.79 bits per heavy atom. The Bertz CT molecular complexity index is 558. The first-order chi connectivity index (χ1) is 9.29. The summed E-state index contributed by atoms with van der Waals surface area (Å²) in [5.41, 5.74) is 3.32. The summed E-state index contributed by atoms with van der Waals surface area (Å²) in [4.78, 5) is 6.80. The van der Waals surface area contributed by atoms with Crippen LogP contribution in [0, 0.1) is 0 Å². The summed E-state index contributed by atoms with van der Waals surface area (Å²) in [6, 6.07) is 6.46. The zero-order chi connectivity index (χ0) is 13.2. The molecule has 0 amide bonds. The number of aryl methyl sites for hydroxylation is 1. The number of aromatic nitrogens is 2. The van der Waals surface area contributed by atoms with Crippen LogP contribution in [0.1, 0.15) is 30.9 Å². The Morgan fingerprint density at radius 1 is 1.26 bits per heavy atom. The molecule has 0 aliphatic carbocycles. The largest absolute Gasteiger partial charge is 0.394 e. The lowest BCUT2D eigenvalue weighted by atomic mass is 10.0. The van der Waals surface area contributed by atoms with E-state index < -0.39 is 0 Å². The van der Waals surface area contributed by atoms with Crippen molar-refractivity contribution in [2.24, 2.45) is 7.05 Å².